The summed E-state index contributed by atoms with van der Waals surface area (Å²) in [5.41, 5.74) is 0. The summed E-state index contributed by atoms with van der Waals surface area (Å²) < 4.78 is 289. The first-order valence-corrected chi connectivity index (χ1v) is 11.8. The van der Waals surface area contributed by atoms with Crippen LogP contribution in [0, 0.1) is 0 Å². The summed E-state index contributed by atoms with van der Waals surface area (Å²) in [6.07, 6.45) is -15.0. The van der Waals surface area contributed by atoms with Gasteiger partial charge in [0.2, 0.25) is 0 Å². The molecule has 0 rings (SSSR count). The smallest absolute Gasteiger partial charge is 0.324 e. The zero-order chi connectivity index (χ0) is 33.7. The normalized spacial score (nSPS) is 16.4. The minimum atomic E-state index is -9.20. The van der Waals surface area contributed by atoms with Crippen molar-refractivity contribution in [3.8, 4) is 0 Å². The van der Waals surface area contributed by atoms with E-state index in [-0.39, 0.29) is 0 Å². The molecule has 0 spiro atoms. The number of rotatable bonds is 15. The van der Waals surface area contributed by atoms with Crippen molar-refractivity contribution in [1.29, 1.82) is 0 Å². The largest absolute Gasteiger partial charge is 0.460 e. The third kappa shape index (κ3) is 6.33. The molecular formula is C16H14F21O3P. The SMILES string of the molecule is O=P(O)(O)CCCCCCC(F)(F)C(F)(F)C(F)(F)C(F)(F)C(F)(F)C(F)(F)C(F)(F)C(F)(F)C(F)(F)C(F)(F)F. The van der Waals surface area contributed by atoms with Crippen molar-refractivity contribution in [3.05, 3.63) is 0 Å². The number of hydrogen-bond donors (Lipinski definition) is 2. The first kappa shape index (κ1) is 39.7. The van der Waals surface area contributed by atoms with Crippen molar-refractivity contribution in [1.82, 2.24) is 0 Å². The molecule has 0 radical (unpaired) electrons. The molecule has 0 atom stereocenters. The Labute approximate surface area is 213 Å². The quantitative estimate of drug-likeness (QED) is 0.104. The van der Waals surface area contributed by atoms with Gasteiger partial charge >= 0.3 is 67.1 Å². The van der Waals surface area contributed by atoms with Gasteiger partial charge < -0.3 is 9.79 Å². The van der Waals surface area contributed by atoms with Gasteiger partial charge in [0, 0.05) is 12.6 Å². The third-order valence-electron chi connectivity index (χ3n) is 5.27. The van der Waals surface area contributed by atoms with Gasteiger partial charge in [-0.2, -0.15) is 92.2 Å². The van der Waals surface area contributed by atoms with Crippen LogP contribution in [-0.4, -0.2) is 75.4 Å². The maximum atomic E-state index is 13.7. The number of hydrogen-bond acceptors (Lipinski definition) is 1. The van der Waals surface area contributed by atoms with Crippen LogP contribution in [0.15, 0.2) is 0 Å². The van der Waals surface area contributed by atoms with E-state index in [0.717, 1.165) is 0 Å². The molecular weight excluding hydrogens is 670 g/mol. The highest BCUT2D eigenvalue weighted by Gasteiger charge is 2.97. The highest BCUT2D eigenvalue weighted by atomic mass is 31.2. The lowest BCUT2D eigenvalue weighted by Gasteiger charge is -2.44. The van der Waals surface area contributed by atoms with Gasteiger partial charge in [0.25, 0.3) is 0 Å². The van der Waals surface area contributed by atoms with E-state index in [1.807, 2.05) is 0 Å². The van der Waals surface area contributed by atoms with Gasteiger partial charge in [-0.15, -0.1) is 0 Å². The van der Waals surface area contributed by atoms with E-state index in [4.69, 9.17) is 9.79 Å². The summed E-state index contributed by atoms with van der Waals surface area (Å²) in [6.45, 7) is 0. The highest BCUT2D eigenvalue weighted by molar-refractivity contribution is 7.51. The van der Waals surface area contributed by atoms with Crippen LogP contribution in [0.2, 0.25) is 0 Å². The maximum absolute atomic E-state index is 13.7. The Bertz CT molecular complexity index is 951. The fraction of sp³-hybridized carbons (Fsp3) is 1.00. The van der Waals surface area contributed by atoms with Gasteiger partial charge in [-0.25, -0.2) is 0 Å². The van der Waals surface area contributed by atoms with Crippen molar-refractivity contribution in [3.63, 3.8) is 0 Å². The topological polar surface area (TPSA) is 57.5 Å². The molecule has 0 heterocycles. The zero-order valence-electron chi connectivity index (χ0n) is 18.9. The molecule has 0 bridgehead atoms. The van der Waals surface area contributed by atoms with Crippen LogP contribution in [0.3, 0.4) is 0 Å². The number of alkyl halides is 21. The molecule has 0 aromatic heterocycles. The molecule has 2 N–H and O–H groups in total. The Kier molecular flexibility index (Phi) is 10.6. The van der Waals surface area contributed by atoms with E-state index in [2.05, 4.69) is 0 Å². The first-order valence-electron chi connectivity index (χ1n) is 9.97. The molecule has 0 aromatic carbocycles. The molecule has 0 aromatic rings. The van der Waals surface area contributed by atoms with Crippen molar-refractivity contribution in [2.45, 2.75) is 91.6 Å². The van der Waals surface area contributed by atoms with Crippen LogP contribution in [0.1, 0.15) is 32.1 Å². The standard InChI is InChI=1S/C16H14F21O3P/c17-7(18,5-3-1-2-4-6-41(38,39)40)8(19,20)9(21,22)10(23,24)11(25,26)12(27,28)13(29,30)14(31,32)15(33,34)16(35,36)37/h1-6H2,(H2,38,39,40). The summed E-state index contributed by atoms with van der Waals surface area (Å²) >= 11 is 0. The molecule has 25 heteroatoms. The lowest BCUT2D eigenvalue weighted by atomic mass is 9.85. The molecule has 0 saturated carbocycles. The Balaban J connectivity index is 6.45. The van der Waals surface area contributed by atoms with Crippen LogP contribution < -0.4 is 0 Å². The van der Waals surface area contributed by atoms with Gasteiger partial charge in [-0.3, -0.25) is 4.57 Å². The third-order valence-corrected chi connectivity index (χ3v) is 6.16. The fourth-order valence-corrected chi connectivity index (χ4v) is 3.40. The second-order valence-corrected chi connectivity index (χ2v) is 10.1. The van der Waals surface area contributed by atoms with Crippen LogP contribution in [0.5, 0.6) is 0 Å². The van der Waals surface area contributed by atoms with E-state index in [1.165, 1.54) is 0 Å². The van der Waals surface area contributed by atoms with Gasteiger partial charge in [0.15, 0.2) is 0 Å². The van der Waals surface area contributed by atoms with Crippen LogP contribution >= 0.6 is 7.60 Å². The molecule has 0 aliphatic carbocycles. The molecule has 248 valence electrons. The predicted molar refractivity (Wildman–Crippen MR) is 90.6 cm³/mol. The molecule has 41 heavy (non-hydrogen) atoms. The Morgan fingerprint density at radius 2 is 0.659 bits per heavy atom. The summed E-state index contributed by atoms with van der Waals surface area (Å²) in [5, 5.41) is 0. The average Bonchev–Trinajstić information content (AvgIpc) is 2.73. The van der Waals surface area contributed by atoms with Crippen molar-refractivity contribution >= 4 is 7.60 Å². The van der Waals surface area contributed by atoms with Crippen molar-refractivity contribution in [2.75, 3.05) is 6.16 Å². The molecule has 0 amide bonds. The van der Waals surface area contributed by atoms with Crippen LogP contribution in [0.25, 0.3) is 0 Å². The molecule has 0 unspecified atom stereocenters. The number of unbranched alkanes of at least 4 members (excludes halogenated alkanes) is 3. The molecule has 0 aliphatic heterocycles. The van der Waals surface area contributed by atoms with Crippen molar-refractivity contribution < 1.29 is 107 Å². The van der Waals surface area contributed by atoms with Gasteiger partial charge in [-0.1, -0.05) is 12.8 Å². The van der Waals surface area contributed by atoms with E-state index >= 15 is 0 Å². The molecule has 0 aliphatic rings. The van der Waals surface area contributed by atoms with E-state index < -0.39 is 105 Å². The second kappa shape index (κ2) is 11.0. The highest BCUT2D eigenvalue weighted by Crippen LogP contribution is 2.66. The summed E-state index contributed by atoms with van der Waals surface area (Å²) in [4.78, 5) is 17.0. The second-order valence-electron chi connectivity index (χ2n) is 8.35. The van der Waals surface area contributed by atoms with E-state index in [0.29, 0.717) is 0 Å². The Hall–Kier alpha value is -1.32. The van der Waals surface area contributed by atoms with Crippen molar-refractivity contribution in [2.24, 2.45) is 0 Å². The first-order chi connectivity index (χ1) is 17.5. The monoisotopic (exact) mass is 684 g/mol. The summed E-state index contributed by atoms with van der Waals surface area (Å²) in [6, 6.07) is 0. The van der Waals surface area contributed by atoms with Gasteiger partial charge in [0.05, 0.1) is 0 Å². The van der Waals surface area contributed by atoms with Crippen LogP contribution in [0.4, 0.5) is 92.2 Å². The van der Waals surface area contributed by atoms with Crippen LogP contribution in [-0.2, 0) is 4.57 Å². The minimum absolute atomic E-state index is 0.534. The van der Waals surface area contributed by atoms with E-state index in [1.54, 1.807) is 0 Å². The molecule has 0 fully saturated rings. The fourth-order valence-electron chi connectivity index (χ4n) is 2.77. The van der Waals surface area contributed by atoms with Gasteiger partial charge in [0.1, 0.15) is 0 Å². The predicted octanol–water partition coefficient (Wildman–Crippen LogP) is 8.39. The van der Waals surface area contributed by atoms with Gasteiger partial charge in [-0.05, 0) is 12.8 Å². The summed E-state index contributed by atoms with van der Waals surface area (Å²) in [5.74, 6) is -77.1. The molecule has 3 nitrogen and oxygen atoms in total. The maximum Gasteiger partial charge on any atom is 0.460 e. The molecule has 0 saturated heterocycles. The minimum Gasteiger partial charge on any atom is -0.324 e. The Morgan fingerprint density at radius 3 is 0.951 bits per heavy atom. The summed E-state index contributed by atoms with van der Waals surface area (Å²) in [7, 11) is -4.66. The number of halogens is 21. The lowest BCUT2D eigenvalue weighted by molar-refractivity contribution is -0.474. The van der Waals surface area contributed by atoms with E-state index in [9.17, 15) is 96.8 Å². The lowest BCUT2D eigenvalue weighted by Crippen LogP contribution is -2.76. The average molecular weight is 684 g/mol. The Morgan fingerprint density at radius 1 is 0.390 bits per heavy atom. The zero-order valence-corrected chi connectivity index (χ0v) is 19.8.